The minimum absolute atomic E-state index is 0.0439. The summed E-state index contributed by atoms with van der Waals surface area (Å²) in [4.78, 5) is 12.5. The van der Waals surface area contributed by atoms with Gasteiger partial charge in [0.15, 0.2) is 22.5 Å². The van der Waals surface area contributed by atoms with Crippen molar-refractivity contribution in [3.05, 3.63) is 103 Å². The SMILES string of the molecule is C=CCn1c(COc2ccccc2F)nnc1SCC(=O)Nc1ccc(-c2ccccc2)cc1. The molecule has 0 unspecified atom stereocenters. The molecule has 3 aromatic carbocycles. The molecular weight excluding hydrogens is 451 g/mol. The standard InChI is InChI=1S/C26H23FN4O2S/c1-2-16-31-24(17-33-23-11-7-6-10-22(23)27)29-30-26(31)34-18-25(32)28-21-14-12-20(13-15-21)19-8-4-3-5-9-19/h2-15H,1,16-18H2,(H,28,32). The van der Waals surface area contributed by atoms with Crippen LogP contribution in [-0.2, 0) is 17.9 Å². The molecule has 0 saturated carbocycles. The van der Waals surface area contributed by atoms with Crippen LogP contribution in [0.5, 0.6) is 5.75 Å². The number of hydrogen-bond acceptors (Lipinski definition) is 5. The van der Waals surface area contributed by atoms with E-state index in [0.29, 0.717) is 17.5 Å². The molecule has 0 aliphatic heterocycles. The van der Waals surface area contributed by atoms with Crippen molar-refractivity contribution >= 4 is 23.4 Å². The van der Waals surface area contributed by atoms with Crippen molar-refractivity contribution in [3.8, 4) is 16.9 Å². The van der Waals surface area contributed by atoms with Crippen LogP contribution in [0, 0.1) is 5.82 Å². The number of hydrogen-bond donors (Lipinski definition) is 1. The van der Waals surface area contributed by atoms with E-state index in [1.165, 1.54) is 17.8 Å². The molecule has 172 valence electrons. The molecule has 34 heavy (non-hydrogen) atoms. The average Bonchev–Trinajstić information content (AvgIpc) is 3.25. The molecule has 0 spiro atoms. The number of amides is 1. The van der Waals surface area contributed by atoms with E-state index in [0.717, 1.165) is 16.8 Å². The Bertz CT molecular complexity index is 1260. The van der Waals surface area contributed by atoms with Crippen molar-refractivity contribution in [1.29, 1.82) is 0 Å². The highest BCUT2D eigenvalue weighted by Crippen LogP contribution is 2.23. The van der Waals surface area contributed by atoms with Crippen LogP contribution in [0.4, 0.5) is 10.1 Å². The van der Waals surface area contributed by atoms with Crippen LogP contribution < -0.4 is 10.1 Å². The summed E-state index contributed by atoms with van der Waals surface area (Å²) in [5.41, 5.74) is 2.92. The Morgan fingerprint density at radius 3 is 2.44 bits per heavy atom. The van der Waals surface area contributed by atoms with E-state index in [1.807, 2.05) is 54.6 Å². The number of para-hydroxylation sites is 1. The number of nitrogens with one attached hydrogen (secondary N) is 1. The number of benzene rings is 3. The van der Waals surface area contributed by atoms with Gasteiger partial charge in [-0.15, -0.1) is 16.8 Å². The third kappa shape index (κ3) is 5.90. The summed E-state index contributed by atoms with van der Waals surface area (Å²) in [6.07, 6.45) is 1.70. The third-order valence-electron chi connectivity index (χ3n) is 4.91. The number of aromatic nitrogens is 3. The van der Waals surface area contributed by atoms with Gasteiger partial charge in [-0.1, -0.05) is 72.4 Å². The van der Waals surface area contributed by atoms with Gasteiger partial charge in [-0.3, -0.25) is 9.36 Å². The Morgan fingerprint density at radius 2 is 1.71 bits per heavy atom. The summed E-state index contributed by atoms with van der Waals surface area (Å²) >= 11 is 1.26. The molecule has 0 radical (unpaired) electrons. The van der Waals surface area contributed by atoms with Crippen LogP contribution >= 0.6 is 11.8 Å². The lowest BCUT2D eigenvalue weighted by Crippen LogP contribution is -2.15. The van der Waals surface area contributed by atoms with Crippen LogP contribution in [0.3, 0.4) is 0 Å². The largest absolute Gasteiger partial charge is 0.483 e. The predicted octanol–water partition coefficient (Wildman–Crippen LogP) is 5.58. The number of anilines is 1. The van der Waals surface area contributed by atoms with Crippen LogP contribution in [0.1, 0.15) is 5.82 Å². The number of thioether (sulfide) groups is 1. The Labute approximate surface area is 201 Å². The first-order valence-corrected chi connectivity index (χ1v) is 11.6. The van der Waals surface area contributed by atoms with Gasteiger partial charge in [-0.2, -0.15) is 0 Å². The fourth-order valence-corrected chi connectivity index (χ4v) is 4.02. The van der Waals surface area contributed by atoms with Crippen LogP contribution in [0.15, 0.2) is 96.7 Å². The first-order chi connectivity index (χ1) is 16.6. The quantitative estimate of drug-likeness (QED) is 0.240. The molecule has 0 aliphatic rings. The Morgan fingerprint density at radius 1 is 1.00 bits per heavy atom. The predicted molar refractivity (Wildman–Crippen MR) is 132 cm³/mol. The minimum atomic E-state index is -0.444. The smallest absolute Gasteiger partial charge is 0.234 e. The molecule has 0 fully saturated rings. The summed E-state index contributed by atoms with van der Waals surface area (Å²) in [5.74, 6) is 0.212. The fourth-order valence-electron chi connectivity index (χ4n) is 3.25. The number of carbonyl (C=O) groups is 1. The molecule has 0 bridgehead atoms. The molecule has 4 aromatic rings. The first-order valence-electron chi connectivity index (χ1n) is 10.6. The molecule has 0 saturated heterocycles. The monoisotopic (exact) mass is 474 g/mol. The van der Waals surface area contributed by atoms with Gasteiger partial charge in [0.2, 0.25) is 5.91 Å². The lowest BCUT2D eigenvalue weighted by Gasteiger charge is -2.10. The maximum Gasteiger partial charge on any atom is 0.234 e. The molecule has 1 aromatic heterocycles. The number of nitrogens with zero attached hydrogens (tertiary/aromatic N) is 3. The van der Waals surface area contributed by atoms with E-state index >= 15 is 0 Å². The third-order valence-corrected chi connectivity index (χ3v) is 5.87. The number of ether oxygens (including phenoxy) is 1. The van der Waals surface area contributed by atoms with E-state index in [1.54, 1.807) is 28.8 Å². The van der Waals surface area contributed by atoms with Crippen molar-refractivity contribution < 1.29 is 13.9 Å². The zero-order valence-electron chi connectivity index (χ0n) is 18.4. The molecule has 6 nitrogen and oxygen atoms in total. The molecular formula is C26H23FN4O2S. The second kappa shape index (κ2) is 11.3. The number of halogens is 1. The van der Waals surface area contributed by atoms with Gasteiger partial charge in [0.05, 0.1) is 5.75 Å². The molecule has 1 heterocycles. The van der Waals surface area contributed by atoms with Crippen molar-refractivity contribution in [2.45, 2.75) is 18.3 Å². The van der Waals surface area contributed by atoms with Gasteiger partial charge in [-0.25, -0.2) is 4.39 Å². The molecule has 1 amide bonds. The molecule has 1 N–H and O–H groups in total. The lowest BCUT2D eigenvalue weighted by molar-refractivity contribution is -0.113. The van der Waals surface area contributed by atoms with Gasteiger partial charge in [0.25, 0.3) is 0 Å². The Hall–Kier alpha value is -3.91. The second-order valence-electron chi connectivity index (χ2n) is 7.30. The van der Waals surface area contributed by atoms with Crippen molar-refractivity contribution in [3.63, 3.8) is 0 Å². The summed E-state index contributed by atoms with van der Waals surface area (Å²) in [5, 5.41) is 11.8. The number of rotatable bonds is 10. The van der Waals surface area contributed by atoms with E-state index in [4.69, 9.17) is 4.74 Å². The maximum atomic E-state index is 13.8. The van der Waals surface area contributed by atoms with Gasteiger partial charge in [0.1, 0.15) is 6.61 Å². The normalized spacial score (nSPS) is 10.6. The van der Waals surface area contributed by atoms with E-state index < -0.39 is 5.82 Å². The number of allylic oxidation sites excluding steroid dienone is 1. The van der Waals surface area contributed by atoms with Crippen LogP contribution in [0.25, 0.3) is 11.1 Å². The van der Waals surface area contributed by atoms with Gasteiger partial charge in [0, 0.05) is 12.2 Å². The minimum Gasteiger partial charge on any atom is -0.483 e. The summed E-state index contributed by atoms with van der Waals surface area (Å²) < 4.78 is 21.2. The van der Waals surface area contributed by atoms with Gasteiger partial charge in [-0.05, 0) is 35.4 Å². The molecule has 4 rings (SSSR count). The van der Waals surface area contributed by atoms with Crippen molar-refractivity contribution in [1.82, 2.24) is 14.8 Å². The Balaban J connectivity index is 1.35. The van der Waals surface area contributed by atoms with Gasteiger partial charge < -0.3 is 10.1 Å². The highest BCUT2D eigenvalue weighted by atomic mass is 32.2. The first kappa shape index (κ1) is 23.3. The van der Waals surface area contributed by atoms with E-state index in [9.17, 15) is 9.18 Å². The van der Waals surface area contributed by atoms with E-state index in [2.05, 4.69) is 22.1 Å². The highest BCUT2D eigenvalue weighted by Gasteiger charge is 2.15. The zero-order valence-corrected chi connectivity index (χ0v) is 19.2. The summed E-state index contributed by atoms with van der Waals surface area (Å²) in [6, 6.07) is 23.9. The van der Waals surface area contributed by atoms with Crippen LogP contribution in [0.2, 0.25) is 0 Å². The second-order valence-corrected chi connectivity index (χ2v) is 8.24. The highest BCUT2D eigenvalue weighted by molar-refractivity contribution is 7.99. The summed E-state index contributed by atoms with van der Waals surface area (Å²) in [7, 11) is 0. The lowest BCUT2D eigenvalue weighted by atomic mass is 10.1. The molecule has 8 heteroatoms. The summed E-state index contributed by atoms with van der Waals surface area (Å²) in [6.45, 7) is 4.25. The maximum absolute atomic E-state index is 13.8. The zero-order chi connectivity index (χ0) is 23.8. The topological polar surface area (TPSA) is 69.0 Å². The van der Waals surface area contributed by atoms with E-state index in [-0.39, 0.29) is 24.0 Å². The fraction of sp³-hybridized carbons (Fsp3) is 0.115. The van der Waals surface area contributed by atoms with Crippen molar-refractivity contribution in [2.24, 2.45) is 0 Å². The Kier molecular flexibility index (Phi) is 7.72. The molecule has 0 atom stereocenters. The van der Waals surface area contributed by atoms with Crippen molar-refractivity contribution in [2.75, 3.05) is 11.1 Å². The van der Waals surface area contributed by atoms with Crippen LogP contribution in [-0.4, -0.2) is 26.4 Å². The molecule has 0 aliphatic carbocycles. The average molecular weight is 475 g/mol. The number of carbonyl (C=O) groups excluding carboxylic acids is 1. The van der Waals surface area contributed by atoms with Gasteiger partial charge >= 0.3 is 0 Å².